The fourth-order valence-electron chi connectivity index (χ4n) is 2.36. The highest BCUT2D eigenvalue weighted by Gasteiger charge is 2.19. The minimum Gasteiger partial charge on any atom is -0.506 e. The maximum absolute atomic E-state index is 12.6. The molecule has 8 heteroatoms. The third-order valence-electron chi connectivity index (χ3n) is 3.79. The van der Waals surface area contributed by atoms with Crippen molar-refractivity contribution in [2.75, 3.05) is 12.4 Å². The maximum atomic E-state index is 12.6. The van der Waals surface area contributed by atoms with E-state index in [4.69, 9.17) is 17.0 Å². The maximum Gasteiger partial charge on any atom is 0.261 e. The topological polar surface area (TPSA) is 70.6 Å². The molecule has 144 valence electrons. The quantitative estimate of drug-likeness (QED) is 0.379. The number of phenols is 1. The minimum absolute atomic E-state index is 0.0439. The van der Waals surface area contributed by atoms with Gasteiger partial charge in [-0.15, -0.1) is 0 Å². The van der Waals surface area contributed by atoms with Gasteiger partial charge in [0.2, 0.25) is 0 Å². The number of aromatic hydroxyl groups is 1. The van der Waals surface area contributed by atoms with Gasteiger partial charge in [-0.2, -0.15) is 0 Å². The molecule has 0 spiro atoms. The Kier molecular flexibility index (Phi) is 6.88. The van der Waals surface area contributed by atoms with E-state index >= 15 is 0 Å². The molecule has 0 saturated heterocycles. The SMILES string of the molecule is COc1c(Br)cc(Br)cc1C(=O)NC(=S)Nc1cc(C(C)(C)C)ccc1O. The summed E-state index contributed by atoms with van der Waals surface area (Å²) in [6, 6.07) is 8.68. The van der Waals surface area contributed by atoms with Gasteiger partial charge in [0, 0.05) is 4.47 Å². The lowest BCUT2D eigenvalue weighted by Gasteiger charge is -2.21. The van der Waals surface area contributed by atoms with Crippen LogP contribution in [-0.4, -0.2) is 23.2 Å². The Hall–Kier alpha value is -1.64. The second-order valence-electron chi connectivity index (χ2n) is 6.86. The zero-order valence-electron chi connectivity index (χ0n) is 15.3. The van der Waals surface area contributed by atoms with Crippen LogP contribution in [0.4, 0.5) is 5.69 Å². The number of carbonyl (C=O) groups excluding carboxylic acids is 1. The molecule has 0 saturated carbocycles. The zero-order chi connectivity index (χ0) is 20.4. The lowest BCUT2D eigenvalue weighted by atomic mass is 9.87. The van der Waals surface area contributed by atoms with Crippen LogP contribution in [0.1, 0.15) is 36.7 Å². The van der Waals surface area contributed by atoms with E-state index in [1.165, 1.54) is 7.11 Å². The van der Waals surface area contributed by atoms with Crippen molar-refractivity contribution in [1.82, 2.24) is 5.32 Å². The summed E-state index contributed by atoms with van der Waals surface area (Å²) in [5.74, 6) is 0.0104. The molecular formula is C19H20Br2N2O3S. The fraction of sp³-hybridized carbons (Fsp3) is 0.263. The Morgan fingerprint density at radius 2 is 1.85 bits per heavy atom. The minimum atomic E-state index is -0.433. The molecule has 0 atom stereocenters. The Balaban J connectivity index is 2.21. The number of amides is 1. The first kappa shape index (κ1) is 21.7. The molecule has 0 fully saturated rings. The van der Waals surface area contributed by atoms with Gasteiger partial charge in [0.15, 0.2) is 5.11 Å². The highest BCUT2D eigenvalue weighted by Crippen LogP contribution is 2.33. The Morgan fingerprint density at radius 3 is 2.44 bits per heavy atom. The second kappa shape index (κ2) is 8.58. The van der Waals surface area contributed by atoms with Gasteiger partial charge in [0.1, 0.15) is 11.5 Å². The van der Waals surface area contributed by atoms with Crippen LogP contribution in [0.2, 0.25) is 0 Å². The number of carbonyl (C=O) groups is 1. The summed E-state index contributed by atoms with van der Waals surface area (Å²) >= 11 is 12.0. The van der Waals surface area contributed by atoms with Gasteiger partial charge in [-0.25, -0.2) is 0 Å². The van der Waals surface area contributed by atoms with E-state index in [0.29, 0.717) is 21.5 Å². The van der Waals surface area contributed by atoms with Crippen LogP contribution in [0.25, 0.3) is 0 Å². The van der Waals surface area contributed by atoms with Crippen molar-refractivity contribution in [3.05, 3.63) is 50.4 Å². The molecule has 1 amide bonds. The monoisotopic (exact) mass is 514 g/mol. The summed E-state index contributed by atoms with van der Waals surface area (Å²) in [6.07, 6.45) is 0. The number of nitrogens with one attached hydrogen (secondary N) is 2. The zero-order valence-corrected chi connectivity index (χ0v) is 19.3. The Morgan fingerprint density at radius 1 is 1.19 bits per heavy atom. The Bertz CT molecular complexity index is 895. The molecule has 0 unspecified atom stereocenters. The van der Waals surface area contributed by atoms with Crippen LogP contribution in [0.3, 0.4) is 0 Å². The predicted octanol–water partition coefficient (Wildman–Crippen LogP) is 5.35. The van der Waals surface area contributed by atoms with E-state index in [2.05, 4.69) is 63.3 Å². The van der Waals surface area contributed by atoms with Crippen molar-refractivity contribution in [3.8, 4) is 11.5 Å². The molecule has 0 bridgehead atoms. The van der Waals surface area contributed by atoms with Gasteiger partial charge >= 0.3 is 0 Å². The molecule has 2 rings (SSSR count). The van der Waals surface area contributed by atoms with Crippen LogP contribution in [0.5, 0.6) is 11.5 Å². The summed E-state index contributed by atoms with van der Waals surface area (Å²) in [6.45, 7) is 6.21. The van der Waals surface area contributed by atoms with Gasteiger partial charge in [-0.1, -0.05) is 42.8 Å². The van der Waals surface area contributed by atoms with Crippen LogP contribution >= 0.6 is 44.1 Å². The van der Waals surface area contributed by atoms with E-state index < -0.39 is 5.91 Å². The predicted molar refractivity (Wildman–Crippen MR) is 119 cm³/mol. The largest absolute Gasteiger partial charge is 0.506 e. The average Bonchev–Trinajstić information content (AvgIpc) is 2.55. The van der Waals surface area contributed by atoms with Gasteiger partial charge in [0.25, 0.3) is 5.91 Å². The lowest BCUT2D eigenvalue weighted by Crippen LogP contribution is -2.34. The summed E-state index contributed by atoms with van der Waals surface area (Å²) < 4.78 is 6.65. The van der Waals surface area contributed by atoms with Crippen molar-refractivity contribution in [3.63, 3.8) is 0 Å². The third-order valence-corrected chi connectivity index (χ3v) is 5.05. The number of phenolic OH excluding ortho intramolecular Hbond substituents is 1. The Labute approximate surface area is 180 Å². The molecule has 0 aliphatic heterocycles. The number of ether oxygens (including phenoxy) is 1. The van der Waals surface area contributed by atoms with Crippen molar-refractivity contribution in [1.29, 1.82) is 0 Å². The number of methoxy groups -OCH3 is 1. The van der Waals surface area contributed by atoms with Crippen molar-refractivity contribution in [2.24, 2.45) is 0 Å². The molecule has 2 aromatic carbocycles. The van der Waals surface area contributed by atoms with Crippen molar-refractivity contribution in [2.45, 2.75) is 26.2 Å². The van der Waals surface area contributed by atoms with Crippen molar-refractivity contribution < 1.29 is 14.6 Å². The number of anilines is 1. The fourth-order valence-corrected chi connectivity index (χ4v) is 3.95. The summed E-state index contributed by atoms with van der Waals surface area (Å²) in [7, 11) is 1.48. The number of hydrogen-bond donors (Lipinski definition) is 3. The molecule has 27 heavy (non-hydrogen) atoms. The number of halogens is 2. The molecular weight excluding hydrogens is 496 g/mol. The van der Waals surface area contributed by atoms with Crippen LogP contribution in [-0.2, 0) is 5.41 Å². The molecule has 0 aromatic heterocycles. The summed E-state index contributed by atoms with van der Waals surface area (Å²) in [5.41, 5.74) is 1.67. The number of benzene rings is 2. The molecule has 0 aliphatic carbocycles. The summed E-state index contributed by atoms with van der Waals surface area (Å²) in [5, 5.41) is 15.6. The first-order valence-electron chi connectivity index (χ1n) is 8.01. The summed E-state index contributed by atoms with van der Waals surface area (Å²) in [4.78, 5) is 12.6. The first-order chi connectivity index (χ1) is 12.5. The van der Waals surface area contributed by atoms with Crippen LogP contribution < -0.4 is 15.4 Å². The number of rotatable bonds is 3. The molecule has 3 N–H and O–H groups in total. The highest BCUT2D eigenvalue weighted by atomic mass is 79.9. The van der Waals surface area contributed by atoms with Gasteiger partial charge in [0.05, 0.1) is 22.8 Å². The van der Waals surface area contributed by atoms with Crippen LogP contribution in [0.15, 0.2) is 39.3 Å². The molecule has 0 heterocycles. The number of hydrogen-bond acceptors (Lipinski definition) is 4. The molecule has 0 radical (unpaired) electrons. The first-order valence-corrected chi connectivity index (χ1v) is 10.0. The lowest BCUT2D eigenvalue weighted by molar-refractivity contribution is 0.0974. The number of thiocarbonyl (C=S) groups is 1. The third kappa shape index (κ3) is 5.43. The molecule has 2 aromatic rings. The smallest absolute Gasteiger partial charge is 0.261 e. The second-order valence-corrected chi connectivity index (χ2v) is 9.04. The van der Waals surface area contributed by atoms with Crippen molar-refractivity contribution >= 4 is 60.8 Å². The van der Waals surface area contributed by atoms with Crippen LogP contribution in [0, 0.1) is 0 Å². The van der Waals surface area contributed by atoms with E-state index in [1.54, 1.807) is 18.2 Å². The molecule has 5 nitrogen and oxygen atoms in total. The average molecular weight is 516 g/mol. The van der Waals surface area contributed by atoms with E-state index in [-0.39, 0.29) is 16.3 Å². The molecule has 0 aliphatic rings. The highest BCUT2D eigenvalue weighted by molar-refractivity contribution is 9.11. The standard InChI is InChI=1S/C19H20Br2N2O3S/c1-19(2,3)10-5-6-15(24)14(7-10)22-18(27)23-17(25)12-8-11(20)9-13(21)16(12)26-4/h5-9,24H,1-4H3,(H2,22,23,25,27). The normalized spacial score (nSPS) is 11.0. The van der Waals surface area contributed by atoms with Gasteiger partial charge in [-0.05, 0) is 63.4 Å². The van der Waals surface area contributed by atoms with Gasteiger partial charge < -0.3 is 15.2 Å². The van der Waals surface area contributed by atoms with E-state index in [0.717, 1.165) is 10.0 Å². The van der Waals surface area contributed by atoms with E-state index in [1.807, 2.05) is 12.1 Å². The van der Waals surface area contributed by atoms with Gasteiger partial charge in [-0.3, -0.25) is 10.1 Å². The van der Waals surface area contributed by atoms with E-state index in [9.17, 15) is 9.90 Å².